The van der Waals surface area contributed by atoms with Gasteiger partial charge >= 0.3 is 0 Å². The van der Waals surface area contributed by atoms with Gasteiger partial charge in [-0.1, -0.05) is 13.0 Å². The molecule has 0 spiro atoms. The molecule has 0 aromatic heterocycles. The Hall–Kier alpha value is -1.92. The zero-order valence-corrected chi connectivity index (χ0v) is 11.4. The number of rotatable bonds is 4. The van der Waals surface area contributed by atoms with Crippen LogP contribution in [0.3, 0.4) is 0 Å². The molecular weight excluding hydrogens is 258 g/mol. The molecule has 1 aromatic carbocycles. The van der Waals surface area contributed by atoms with Crippen molar-refractivity contribution in [2.75, 3.05) is 23.8 Å². The first-order valence-corrected chi connectivity index (χ1v) is 6.61. The van der Waals surface area contributed by atoms with E-state index >= 15 is 0 Å². The fourth-order valence-corrected chi connectivity index (χ4v) is 1.94. The fraction of sp³-hybridized carbons (Fsp3) is 0.429. The third-order valence-corrected chi connectivity index (χ3v) is 3.23. The maximum atomic E-state index is 12.1. The molecule has 1 aliphatic rings. The topological polar surface area (TPSA) is 93.5 Å². The molecule has 1 fully saturated rings. The van der Waals surface area contributed by atoms with Gasteiger partial charge in [0.05, 0.1) is 6.61 Å². The average Bonchev–Trinajstić information content (AvgIpc) is 2.87. The zero-order chi connectivity index (χ0) is 14.6. The van der Waals surface area contributed by atoms with Gasteiger partial charge in [0.1, 0.15) is 5.54 Å². The van der Waals surface area contributed by atoms with Crippen molar-refractivity contribution in [2.45, 2.75) is 25.3 Å². The van der Waals surface area contributed by atoms with E-state index in [1.165, 1.54) is 0 Å². The lowest BCUT2D eigenvalue weighted by atomic mass is 9.99. The molecule has 108 valence electrons. The van der Waals surface area contributed by atoms with E-state index in [1.54, 1.807) is 31.2 Å². The largest absolute Gasteiger partial charge is 0.379 e. The van der Waals surface area contributed by atoms with Crippen LogP contribution >= 0.6 is 0 Å². The van der Waals surface area contributed by atoms with Crippen molar-refractivity contribution in [1.82, 2.24) is 0 Å². The van der Waals surface area contributed by atoms with Crippen LogP contribution in [0.15, 0.2) is 24.3 Å². The molecule has 2 rings (SSSR count). The molecule has 1 aliphatic heterocycles. The summed E-state index contributed by atoms with van der Waals surface area (Å²) < 4.78 is 5.17. The van der Waals surface area contributed by atoms with Crippen LogP contribution in [-0.2, 0) is 14.3 Å². The first-order valence-electron chi connectivity index (χ1n) is 6.61. The SMILES string of the molecule is CCC(=O)Nc1cccc(NC(=O)C2(N)CCOC2)c1. The van der Waals surface area contributed by atoms with E-state index in [1.807, 2.05) is 0 Å². The highest BCUT2D eigenvalue weighted by molar-refractivity contribution is 5.99. The highest BCUT2D eigenvalue weighted by Crippen LogP contribution is 2.20. The Morgan fingerprint density at radius 3 is 2.65 bits per heavy atom. The van der Waals surface area contributed by atoms with Crippen molar-refractivity contribution in [2.24, 2.45) is 5.73 Å². The van der Waals surface area contributed by atoms with E-state index in [0.29, 0.717) is 30.8 Å². The summed E-state index contributed by atoms with van der Waals surface area (Å²) in [5.74, 6) is -0.345. The van der Waals surface area contributed by atoms with E-state index in [0.717, 1.165) is 0 Å². The molecule has 0 aliphatic carbocycles. The molecule has 4 N–H and O–H groups in total. The van der Waals surface area contributed by atoms with Gasteiger partial charge in [0.15, 0.2) is 0 Å². The van der Waals surface area contributed by atoms with Crippen molar-refractivity contribution < 1.29 is 14.3 Å². The molecule has 1 aromatic rings. The normalized spacial score (nSPS) is 21.5. The highest BCUT2D eigenvalue weighted by Gasteiger charge is 2.38. The van der Waals surface area contributed by atoms with E-state index in [9.17, 15) is 9.59 Å². The summed E-state index contributed by atoms with van der Waals surface area (Å²) in [5.41, 5.74) is 6.25. The molecule has 20 heavy (non-hydrogen) atoms. The predicted octanol–water partition coefficient (Wildman–Crippen LogP) is 1.09. The number of benzene rings is 1. The van der Waals surface area contributed by atoms with Crippen molar-refractivity contribution in [3.8, 4) is 0 Å². The monoisotopic (exact) mass is 277 g/mol. The summed E-state index contributed by atoms with van der Waals surface area (Å²) in [4.78, 5) is 23.5. The number of hydrogen-bond acceptors (Lipinski definition) is 4. The Balaban J connectivity index is 2.04. The third-order valence-electron chi connectivity index (χ3n) is 3.23. The Bertz CT molecular complexity index is 510. The summed E-state index contributed by atoms with van der Waals surface area (Å²) in [5, 5.41) is 5.50. The predicted molar refractivity (Wildman–Crippen MR) is 76.3 cm³/mol. The molecular formula is C14H19N3O3. The second-order valence-electron chi connectivity index (χ2n) is 4.90. The van der Waals surface area contributed by atoms with E-state index < -0.39 is 5.54 Å². The minimum atomic E-state index is -0.970. The van der Waals surface area contributed by atoms with Crippen LogP contribution in [-0.4, -0.2) is 30.6 Å². The smallest absolute Gasteiger partial charge is 0.246 e. The lowest BCUT2D eigenvalue weighted by molar-refractivity contribution is -0.121. The summed E-state index contributed by atoms with van der Waals surface area (Å²) in [6, 6.07) is 6.97. The van der Waals surface area contributed by atoms with Crippen LogP contribution in [0.4, 0.5) is 11.4 Å². The lowest BCUT2D eigenvalue weighted by Gasteiger charge is -2.20. The minimum Gasteiger partial charge on any atom is -0.379 e. The summed E-state index contributed by atoms with van der Waals surface area (Å²) >= 11 is 0. The second kappa shape index (κ2) is 6.02. The molecule has 1 unspecified atom stereocenters. The standard InChI is InChI=1S/C14H19N3O3/c1-2-12(18)16-10-4-3-5-11(8-10)17-13(19)14(15)6-7-20-9-14/h3-5,8H,2,6-7,9,15H2,1H3,(H,16,18)(H,17,19). The van der Waals surface area contributed by atoms with Crippen molar-refractivity contribution in [3.63, 3.8) is 0 Å². The van der Waals surface area contributed by atoms with Crippen LogP contribution in [0.2, 0.25) is 0 Å². The summed E-state index contributed by atoms with van der Waals surface area (Å²) in [6.45, 7) is 2.50. The van der Waals surface area contributed by atoms with Gasteiger partial charge in [-0.15, -0.1) is 0 Å². The maximum absolute atomic E-state index is 12.1. The van der Waals surface area contributed by atoms with Crippen molar-refractivity contribution in [1.29, 1.82) is 0 Å². The fourth-order valence-electron chi connectivity index (χ4n) is 1.94. The van der Waals surface area contributed by atoms with Gasteiger partial charge in [0.2, 0.25) is 11.8 Å². The number of carbonyl (C=O) groups is 2. The molecule has 1 atom stereocenters. The Kier molecular flexibility index (Phi) is 4.36. The number of ether oxygens (including phenoxy) is 1. The van der Waals surface area contributed by atoms with Crippen LogP contribution in [0.1, 0.15) is 19.8 Å². The Morgan fingerprint density at radius 1 is 1.35 bits per heavy atom. The molecule has 2 amide bonds. The minimum absolute atomic E-state index is 0.0760. The Labute approximate surface area is 117 Å². The molecule has 0 radical (unpaired) electrons. The lowest BCUT2D eigenvalue weighted by Crippen LogP contribution is -2.51. The van der Waals surface area contributed by atoms with Crippen LogP contribution in [0.25, 0.3) is 0 Å². The summed E-state index contributed by atoms with van der Waals surface area (Å²) in [6.07, 6.45) is 0.908. The molecule has 0 bridgehead atoms. The summed E-state index contributed by atoms with van der Waals surface area (Å²) in [7, 11) is 0. The van der Waals surface area contributed by atoms with Crippen molar-refractivity contribution >= 4 is 23.2 Å². The first-order chi connectivity index (χ1) is 9.53. The van der Waals surface area contributed by atoms with Crippen LogP contribution < -0.4 is 16.4 Å². The second-order valence-corrected chi connectivity index (χ2v) is 4.90. The molecule has 6 nitrogen and oxygen atoms in total. The van der Waals surface area contributed by atoms with Gasteiger partial charge in [0.25, 0.3) is 0 Å². The van der Waals surface area contributed by atoms with Crippen LogP contribution in [0, 0.1) is 0 Å². The van der Waals surface area contributed by atoms with Gasteiger partial charge in [-0.05, 0) is 24.6 Å². The van der Waals surface area contributed by atoms with E-state index in [2.05, 4.69) is 10.6 Å². The maximum Gasteiger partial charge on any atom is 0.246 e. The Morgan fingerprint density at radius 2 is 2.05 bits per heavy atom. The van der Waals surface area contributed by atoms with Gasteiger partial charge in [-0.2, -0.15) is 0 Å². The number of amides is 2. The quantitative estimate of drug-likeness (QED) is 0.768. The van der Waals surface area contributed by atoms with Gasteiger partial charge in [-0.25, -0.2) is 0 Å². The molecule has 1 heterocycles. The van der Waals surface area contributed by atoms with E-state index in [-0.39, 0.29) is 18.4 Å². The zero-order valence-electron chi connectivity index (χ0n) is 11.4. The average molecular weight is 277 g/mol. The van der Waals surface area contributed by atoms with Gasteiger partial charge < -0.3 is 21.1 Å². The highest BCUT2D eigenvalue weighted by atomic mass is 16.5. The third kappa shape index (κ3) is 3.34. The number of carbonyl (C=O) groups excluding carboxylic acids is 2. The van der Waals surface area contributed by atoms with Gasteiger partial charge in [0, 0.05) is 24.4 Å². The molecule has 1 saturated heterocycles. The van der Waals surface area contributed by atoms with Crippen molar-refractivity contribution in [3.05, 3.63) is 24.3 Å². The number of nitrogens with two attached hydrogens (primary N) is 1. The first kappa shape index (κ1) is 14.5. The van der Waals surface area contributed by atoms with Gasteiger partial charge in [-0.3, -0.25) is 9.59 Å². The molecule has 0 saturated carbocycles. The van der Waals surface area contributed by atoms with E-state index in [4.69, 9.17) is 10.5 Å². The number of anilines is 2. The molecule has 6 heteroatoms. The number of hydrogen-bond donors (Lipinski definition) is 3. The van der Waals surface area contributed by atoms with Crippen LogP contribution in [0.5, 0.6) is 0 Å². The number of nitrogens with one attached hydrogen (secondary N) is 2.